The Morgan fingerprint density at radius 2 is 1.79 bits per heavy atom. The van der Waals surface area contributed by atoms with Crippen molar-refractivity contribution in [2.75, 3.05) is 0 Å². The first-order valence-electron chi connectivity index (χ1n) is 6.06. The van der Waals surface area contributed by atoms with Gasteiger partial charge in [0.1, 0.15) is 12.1 Å². The highest BCUT2D eigenvalue weighted by atomic mass is 15.1. The predicted octanol–water partition coefficient (Wildman–Crippen LogP) is 2.97. The molecule has 0 N–H and O–H groups in total. The molecule has 4 rings (SSSR count). The van der Waals surface area contributed by atoms with Crippen LogP contribution in [0.15, 0.2) is 61.1 Å². The fourth-order valence-electron chi connectivity index (χ4n) is 2.22. The van der Waals surface area contributed by atoms with E-state index in [1.807, 2.05) is 41.0 Å². The maximum atomic E-state index is 4.66. The van der Waals surface area contributed by atoms with E-state index in [4.69, 9.17) is 0 Å². The largest absolute Gasteiger partial charge is 0.281 e. The van der Waals surface area contributed by atoms with Crippen molar-refractivity contribution in [3.05, 3.63) is 61.1 Å². The SMILES string of the molecule is c1ccc2nc(-n3cnc4ncccc43)ccc2c1. The van der Waals surface area contributed by atoms with Crippen LogP contribution in [0.3, 0.4) is 0 Å². The molecule has 4 heteroatoms. The topological polar surface area (TPSA) is 43.6 Å². The minimum Gasteiger partial charge on any atom is -0.281 e. The number of hydrogen-bond donors (Lipinski definition) is 0. The van der Waals surface area contributed by atoms with Gasteiger partial charge in [0, 0.05) is 11.6 Å². The first-order chi connectivity index (χ1) is 9.42. The summed E-state index contributed by atoms with van der Waals surface area (Å²) in [7, 11) is 0. The fourth-order valence-corrected chi connectivity index (χ4v) is 2.22. The van der Waals surface area contributed by atoms with Gasteiger partial charge in [0.05, 0.1) is 11.0 Å². The quantitative estimate of drug-likeness (QED) is 0.518. The van der Waals surface area contributed by atoms with Gasteiger partial charge in [-0.05, 0) is 30.3 Å². The molecular weight excluding hydrogens is 236 g/mol. The number of imidazole rings is 1. The maximum absolute atomic E-state index is 4.66. The lowest BCUT2D eigenvalue weighted by atomic mass is 10.2. The minimum atomic E-state index is 0.734. The second-order valence-corrected chi connectivity index (χ2v) is 4.32. The molecule has 4 aromatic rings. The second kappa shape index (κ2) is 3.88. The molecule has 19 heavy (non-hydrogen) atoms. The summed E-state index contributed by atoms with van der Waals surface area (Å²) < 4.78 is 1.95. The van der Waals surface area contributed by atoms with E-state index in [0.29, 0.717) is 0 Å². The maximum Gasteiger partial charge on any atom is 0.177 e. The summed E-state index contributed by atoms with van der Waals surface area (Å²) in [6.07, 6.45) is 3.50. The van der Waals surface area contributed by atoms with Crippen LogP contribution in [-0.4, -0.2) is 19.5 Å². The Labute approximate surface area is 109 Å². The van der Waals surface area contributed by atoms with E-state index < -0.39 is 0 Å². The van der Waals surface area contributed by atoms with Crippen LogP contribution < -0.4 is 0 Å². The first-order valence-corrected chi connectivity index (χ1v) is 6.06. The summed E-state index contributed by atoms with van der Waals surface area (Å²) in [5, 5.41) is 1.13. The fraction of sp³-hybridized carbons (Fsp3) is 0. The van der Waals surface area contributed by atoms with E-state index in [9.17, 15) is 0 Å². The van der Waals surface area contributed by atoms with E-state index >= 15 is 0 Å². The Kier molecular flexibility index (Phi) is 2.08. The molecule has 0 atom stereocenters. The van der Waals surface area contributed by atoms with E-state index in [-0.39, 0.29) is 0 Å². The number of fused-ring (bicyclic) bond motifs is 2. The lowest BCUT2D eigenvalue weighted by molar-refractivity contribution is 1.04. The molecule has 0 amide bonds. The highest BCUT2D eigenvalue weighted by Crippen LogP contribution is 2.18. The zero-order valence-corrected chi connectivity index (χ0v) is 10.1. The summed E-state index contributed by atoms with van der Waals surface area (Å²) in [6, 6.07) is 16.0. The monoisotopic (exact) mass is 246 g/mol. The van der Waals surface area contributed by atoms with Gasteiger partial charge in [-0.3, -0.25) is 4.57 Å². The lowest BCUT2D eigenvalue weighted by Gasteiger charge is -2.04. The van der Waals surface area contributed by atoms with Gasteiger partial charge in [0.25, 0.3) is 0 Å². The molecule has 0 fully saturated rings. The van der Waals surface area contributed by atoms with Crippen LogP contribution in [0.5, 0.6) is 0 Å². The van der Waals surface area contributed by atoms with Crippen LogP contribution in [0.1, 0.15) is 0 Å². The number of pyridine rings is 2. The smallest absolute Gasteiger partial charge is 0.177 e. The van der Waals surface area contributed by atoms with Crippen molar-refractivity contribution in [3.63, 3.8) is 0 Å². The van der Waals surface area contributed by atoms with Gasteiger partial charge in [-0.25, -0.2) is 15.0 Å². The average Bonchev–Trinajstić information content (AvgIpc) is 2.91. The molecule has 0 aliphatic heterocycles. The number of aromatic nitrogens is 4. The van der Waals surface area contributed by atoms with Crippen LogP contribution >= 0.6 is 0 Å². The van der Waals surface area contributed by atoms with Gasteiger partial charge in [-0.15, -0.1) is 0 Å². The molecule has 0 saturated heterocycles. The Hall–Kier alpha value is -2.75. The second-order valence-electron chi connectivity index (χ2n) is 4.32. The molecule has 0 radical (unpaired) electrons. The van der Waals surface area contributed by atoms with Crippen molar-refractivity contribution < 1.29 is 0 Å². The number of para-hydroxylation sites is 1. The third-order valence-electron chi connectivity index (χ3n) is 3.15. The van der Waals surface area contributed by atoms with Crippen LogP contribution in [0, 0.1) is 0 Å². The summed E-state index contributed by atoms with van der Waals surface area (Å²) in [6.45, 7) is 0. The molecular formula is C15H10N4. The van der Waals surface area contributed by atoms with Gasteiger partial charge >= 0.3 is 0 Å². The van der Waals surface area contributed by atoms with Crippen molar-refractivity contribution in [3.8, 4) is 5.82 Å². The molecule has 0 aliphatic carbocycles. The van der Waals surface area contributed by atoms with Crippen LogP contribution in [-0.2, 0) is 0 Å². The number of rotatable bonds is 1. The van der Waals surface area contributed by atoms with Crippen molar-refractivity contribution >= 4 is 22.1 Å². The first kappa shape index (κ1) is 10.2. The zero-order chi connectivity index (χ0) is 12.7. The van der Waals surface area contributed by atoms with Crippen LogP contribution in [0.2, 0.25) is 0 Å². The third kappa shape index (κ3) is 1.57. The molecule has 1 aromatic carbocycles. The standard InChI is InChI=1S/C15H10N4/c1-2-5-12-11(4-1)7-8-14(18-12)19-10-17-15-13(19)6-3-9-16-15/h1-10H. The Morgan fingerprint density at radius 3 is 2.79 bits per heavy atom. The van der Waals surface area contributed by atoms with Crippen molar-refractivity contribution in [2.24, 2.45) is 0 Å². The van der Waals surface area contributed by atoms with E-state index in [1.54, 1.807) is 12.5 Å². The molecule has 3 heterocycles. The third-order valence-corrected chi connectivity index (χ3v) is 3.15. The molecule has 0 saturated carbocycles. The van der Waals surface area contributed by atoms with Gasteiger partial charge in [0.2, 0.25) is 0 Å². The molecule has 0 spiro atoms. The highest BCUT2D eigenvalue weighted by molar-refractivity contribution is 5.80. The minimum absolute atomic E-state index is 0.734. The molecule has 4 nitrogen and oxygen atoms in total. The van der Waals surface area contributed by atoms with Gasteiger partial charge < -0.3 is 0 Å². The summed E-state index contributed by atoms with van der Waals surface area (Å²) >= 11 is 0. The zero-order valence-electron chi connectivity index (χ0n) is 10.1. The highest BCUT2D eigenvalue weighted by Gasteiger charge is 2.06. The number of hydrogen-bond acceptors (Lipinski definition) is 3. The summed E-state index contributed by atoms with van der Waals surface area (Å²) in [4.78, 5) is 13.2. The van der Waals surface area contributed by atoms with Crippen LogP contribution in [0.4, 0.5) is 0 Å². The molecule has 0 bridgehead atoms. The van der Waals surface area contributed by atoms with E-state index in [0.717, 1.165) is 27.9 Å². The summed E-state index contributed by atoms with van der Waals surface area (Å²) in [5.74, 6) is 0.856. The predicted molar refractivity (Wildman–Crippen MR) is 74.2 cm³/mol. The lowest BCUT2D eigenvalue weighted by Crippen LogP contribution is -1.95. The molecule has 0 aliphatic rings. The molecule has 90 valence electrons. The molecule has 3 aromatic heterocycles. The Bertz CT molecular complexity index is 879. The van der Waals surface area contributed by atoms with Crippen molar-refractivity contribution in [2.45, 2.75) is 0 Å². The summed E-state index contributed by atoms with van der Waals surface area (Å²) in [5.41, 5.74) is 2.67. The molecule has 0 unspecified atom stereocenters. The number of nitrogens with zero attached hydrogens (tertiary/aromatic N) is 4. The van der Waals surface area contributed by atoms with Crippen LogP contribution in [0.25, 0.3) is 27.9 Å². The normalized spacial score (nSPS) is 11.2. The average molecular weight is 246 g/mol. The Balaban J connectivity index is 1.99. The van der Waals surface area contributed by atoms with E-state index in [1.165, 1.54) is 0 Å². The van der Waals surface area contributed by atoms with Crippen molar-refractivity contribution in [1.82, 2.24) is 19.5 Å². The van der Waals surface area contributed by atoms with Gasteiger partial charge in [-0.1, -0.05) is 18.2 Å². The van der Waals surface area contributed by atoms with Gasteiger partial charge in [0.15, 0.2) is 5.65 Å². The van der Waals surface area contributed by atoms with E-state index in [2.05, 4.69) is 27.1 Å². The van der Waals surface area contributed by atoms with Gasteiger partial charge in [-0.2, -0.15) is 0 Å². The number of benzene rings is 1. The van der Waals surface area contributed by atoms with Crippen molar-refractivity contribution in [1.29, 1.82) is 0 Å². The Morgan fingerprint density at radius 1 is 0.842 bits per heavy atom.